The number of ether oxygens (including phenoxy) is 1. The fourth-order valence-electron chi connectivity index (χ4n) is 1.58. The summed E-state index contributed by atoms with van der Waals surface area (Å²) < 4.78 is 9.89. The number of rotatable bonds is 3. The molecule has 0 spiro atoms. The molecule has 0 radical (unpaired) electrons. The van der Waals surface area contributed by atoms with E-state index in [-0.39, 0.29) is 11.6 Å². The van der Waals surface area contributed by atoms with Crippen LogP contribution in [0.3, 0.4) is 0 Å². The first-order valence-corrected chi connectivity index (χ1v) is 6.63. The predicted octanol–water partition coefficient (Wildman–Crippen LogP) is 3.27. The number of carbonyl (C=O) groups is 2. The van der Waals surface area contributed by atoms with Gasteiger partial charge in [-0.05, 0) is 45.0 Å². The number of hydrogen-bond donors (Lipinski definition) is 2. The fraction of sp³-hybridized carbons (Fsp3) is 0.267. The number of carbonyl (C=O) groups excluding carboxylic acids is 2. The smallest absolute Gasteiger partial charge is 0.412 e. The molecule has 7 nitrogen and oxygen atoms in total. The third-order valence-electron chi connectivity index (χ3n) is 2.45. The van der Waals surface area contributed by atoms with Crippen LogP contribution in [0.15, 0.2) is 41.3 Å². The largest absolute Gasteiger partial charge is 0.451 e. The molecular weight excluding hydrogens is 286 g/mol. The number of nitrogens with zero attached hydrogens (tertiary/aromatic N) is 1. The van der Waals surface area contributed by atoms with Crippen LogP contribution in [0.4, 0.5) is 16.2 Å². The average molecular weight is 303 g/mol. The van der Waals surface area contributed by atoms with Crippen LogP contribution in [0.2, 0.25) is 0 Å². The summed E-state index contributed by atoms with van der Waals surface area (Å²) in [5, 5.41) is 5.26. The van der Waals surface area contributed by atoms with E-state index >= 15 is 0 Å². The Morgan fingerprint density at radius 2 is 1.68 bits per heavy atom. The summed E-state index contributed by atoms with van der Waals surface area (Å²) in [6, 6.07) is 6.63. The van der Waals surface area contributed by atoms with Gasteiger partial charge < -0.3 is 14.5 Å². The van der Waals surface area contributed by atoms with Gasteiger partial charge in [0.2, 0.25) is 0 Å². The van der Waals surface area contributed by atoms with E-state index < -0.39 is 11.7 Å². The standard InChI is InChI=1S/C15H17N3O4/c1-15(2,3)22-14(20)18-11-6-4-10(5-7-11)17-13(19)12-8-21-9-16-12/h4-9H,1-3H3,(H,17,19)(H,18,20). The van der Waals surface area contributed by atoms with Crippen LogP contribution < -0.4 is 10.6 Å². The number of aromatic nitrogens is 1. The predicted molar refractivity (Wildman–Crippen MR) is 80.8 cm³/mol. The molecule has 0 unspecified atom stereocenters. The monoisotopic (exact) mass is 303 g/mol. The van der Waals surface area contributed by atoms with Gasteiger partial charge in [0, 0.05) is 11.4 Å². The number of amides is 2. The third-order valence-corrected chi connectivity index (χ3v) is 2.45. The third kappa shape index (κ3) is 4.62. The van der Waals surface area contributed by atoms with Crippen molar-refractivity contribution in [2.45, 2.75) is 26.4 Å². The molecule has 2 N–H and O–H groups in total. The van der Waals surface area contributed by atoms with Crippen molar-refractivity contribution in [3.63, 3.8) is 0 Å². The van der Waals surface area contributed by atoms with Crippen molar-refractivity contribution in [2.24, 2.45) is 0 Å². The molecule has 2 amide bonds. The Balaban J connectivity index is 1.93. The van der Waals surface area contributed by atoms with Crippen molar-refractivity contribution < 1.29 is 18.7 Å². The summed E-state index contributed by atoms with van der Waals surface area (Å²) >= 11 is 0. The number of hydrogen-bond acceptors (Lipinski definition) is 5. The summed E-state index contributed by atoms with van der Waals surface area (Å²) in [5.74, 6) is -0.374. The summed E-state index contributed by atoms with van der Waals surface area (Å²) in [7, 11) is 0. The highest BCUT2D eigenvalue weighted by Crippen LogP contribution is 2.16. The maximum absolute atomic E-state index is 11.8. The van der Waals surface area contributed by atoms with Gasteiger partial charge in [-0.1, -0.05) is 0 Å². The molecule has 0 atom stereocenters. The fourth-order valence-corrected chi connectivity index (χ4v) is 1.58. The quantitative estimate of drug-likeness (QED) is 0.907. The number of nitrogens with one attached hydrogen (secondary N) is 2. The van der Waals surface area contributed by atoms with E-state index in [4.69, 9.17) is 9.15 Å². The molecule has 2 rings (SSSR count). The molecule has 0 bridgehead atoms. The zero-order chi connectivity index (χ0) is 16.2. The lowest BCUT2D eigenvalue weighted by Gasteiger charge is -2.19. The minimum atomic E-state index is -0.560. The van der Waals surface area contributed by atoms with E-state index in [9.17, 15) is 9.59 Å². The van der Waals surface area contributed by atoms with Gasteiger partial charge in [-0.3, -0.25) is 10.1 Å². The van der Waals surface area contributed by atoms with Crippen LogP contribution in [-0.4, -0.2) is 22.6 Å². The Labute approximate surface area is 127 Å². The molecule has 0 saturated carbocycles. The van der Waals surface area contributed by atoms with Gasteiger partial charge in [-0.15, -0.1) is 0 Å². The Morgan fingerprint density at radius 1 is 1.09 bits per heavy atom. The first-order valence-electron chi connectivity index (χ1n) is 6.63. The second-order valence-corrected chi connectivity index (χ2v) is 5.53. The molecule has 1 aromatic carbocycles. The maximum atomic E-state index is 11.8. The van der Waals surface area contributed by atoms with Crippen LogP contribution in [-0.2, 0) is 4.74 Å². The minimum absolute atomic E-state index is 0.191. The van der Waals surface area contributed by atoms with Gasteiger partial charge in [0.05, 0.1) is 0 Å². The molecule has 0 fully saturated rings. The maximum Gasteiger partial charge on any atom is 0.412 e. The molecule has 1 aromatic heterocycles. The molecule has 0 aliphatic heterocycles. The lowest BCUT2D eigenvalue weighted by atomic mass is 10.2. The topological polar surface area (TPSA) is 93.5 Å². The number of anilines is 2. The zero-order valence-corrected chi connectivity index (χ0v) is 12.5. The normalized spacial score (nSPS) is 10.9. The van der Waals surface area contributed by atoms with Gasteiger partial charge >= 0.3 is 6.09 Å². The summed E-state index contributed by atoms with van der Waals surface area (Å²) in [6.45, 7) is 5.36. The van der Waals surface area contributed by atoms with Gasteiger partial charge in [0.1, 0.15) is 11.9 Å². The number of benzene rings is 1. The van der Waals surface area contributed by atoms with Crippen LogP contribution in [0.25, 0.3) is 0 Å². The minimum Gasteiger partial charge on any atom is -0.451 e. The summed E-state index contributed by atoms with van der Waals surface area (Å²) in [5.41, 5.74) is 0.766. The molecule has 0 saturated heterocycles. The molecule has 22 heavy (non-hydrogen) atoms. The van der Waals surface area contributed by atoms with Crippen molar-refractivity contribution in [1.29, 1.82) is 0 Å². The van der Waals surface area contributed by atoms with Crippen LogP contribution in [0, 0.1) is 0 Å². The van der Waals surface area contributed by atoms with E-state index in [2.05, 4.69) is 15.6 Å². The van der Waals surface area contributed by atoms with Crippen molar-refractivity contribution in [1.82, 2.24) is 4.98 Å². The lowest BCUT2D eigenvalue weighted by molar-refractivity contribution is 0.0635. The van der Waals surface area contributed by atoms with Crippen molar-refractivity contribution in [3.05, 3.63) is 42.6 Å². The molecule has 116 valence electrons. The van der Waals surface area contributed by atoms with Crippen LogP contribution >= 0.6 is 0 Å². The van der Waals surface area contributed by atoms with E-state index in [0.717, 1.165) is 0 Å². The molecule has 0 aliphatic carbocycles. The van der Waals surface area contributed by atoms with Crippen molar-refractivity contribution in [3.8, 4) is 0 Å². The summed E-state index contributed by atoms with van der Waals surface area (Å²) in [4.78, 5) is 27.1. The molecule has 1 heterocycles. The highest BCUT2D eigenvalue weighted by molar-refractivity contribution is 6.02. The lowest BCUT2D eigenvalue weighted by Crippen LogP contribution is -2.27. The Morgan fingerprint density at radius 3 is 2.18 bits per heavy atom. The zero-order valence-electron chi connectivity index (χ0n) is 12.5. The first kappa shape index (κ1) is 15.6. The van der Waals surface area contributed by atoms with Crippen LogP contribution in [0.1, 0.15) is 31.3 Å². The Hall–Kier alpha value is -2.83. The molecule has 0 aliphatic rings. The van der Waals surface area contributed by atoms with Gasteiger partial charge in [-0.2, -0.15) is 0 Å². The summed E-state index contributed by atoms with van der Waals surface area (Å²) in [6.07, 6.45) is 1.91. The molecular formula is C15H17N3O4. The average Bonchev–Trinajstić information content (AvgIpc) is 2.92. The van der Waals surface area contributed by atoms with Gasteiger partial charge in [0.25, 0.3) is 5.91 Å². The van der Waals surface area contributed by atoms with E-state index in [0.29, 0.717) is 11.4 Å². The van der Waals surface area contributed by atoms with E-state index in [1.807, 2.05) is 0 Å². The van der Waals surface area contributed by atoms with Crippen LogP contribution in [0.5, 0.6) is 0 Å². The van der Waals surface area contributed by atoms with Gasteiger partial charge in [-0.25, -0.2) is 9.78 Å². The Kier molecular flexibility index (Phi) is 4.45. The van der Waals surface area contributed by atoms with Crippen molar-refractivity contribution in [2.75, 3.05) is 10.6 Å². The highest BCUT2D eigenvalue weighted by Gasteiger charge is 2.16. The second-order valence-electron chi connectivity index (χ2n) is 5.53. The van der Waals surface area contributed by atoms with Gasteiger partial charge in [0.15, 0.2) is 12.1 Å². The second kappa shape index (κ2) is 6.30. The van der Waals surface area contributed by atoms with E-state index in [1.54, 1.807) is 45.0 Å². The van der Waals surface area contributed by atoms with E-state index in [1.165, 1.54) is 12.7 Å². The number of oxazole rings is 1. The highest BCUT2D eigenvalue weighted by atomic mass is 16.6. The van der Waals surface area contributed by atoms with Crippen molar-refractivity contribution >= 4 is 23.4 Å². The first-order chi connectivity index (χ1) is 10.3. The Bertz CT molecular complexity index is 642. The SMILES string of the molecule is CC(C)(C)OC(=O)Nc1ccc(NC(=O)c2cocn2)cc1. The molecule has 7 heteroatoms. The molecule has 2 aromatic rings.